The number of hydrogen-bond acceptors (Lipinski definition) is 3. The van der Waals surface area contributed by atoms with Gasteiger partial charge < -0.3 is 9.47 Å². The lowest BCUT2D eigenvalue weighted by atomic mass is 10.0. The van der Waals surface area contributed by atoms with Crippen LogP contribution in [0, 0.1) is 5.82 Å². The minimum Gasteiger partial charge on any atom is -0.493 e. The van der Waals surface area contributed by atoms with Crippen molar-refractivity contribution in [3.63, 3.8) is 0 Å². The van der Waals surface area contributed by atoms with Crippen LogP contribution in [0.4, 0.5) is 4.39 Å². The molecule has 0 amide bonds. The lowest BCUT2D eigenvalue weighted by Gasteiger charge is -2.13. The van der Waals surface area contributed by atoms with Gasteiger partial charge in [-0.15, -0.1) is 0 Å². The van der Waals surface area contributed by atoms with E-state index >= 15 is 0 Å². The molecule has 0 N–H and O–H groups in total. The summed E-state index contributed by atoms with van der Waals surface area (Å²) in [6, 6.07) is 9.36. The molecule has 0 saturated heterocycles. The molecule has 0 aliphatic rings. The molecule has 0 heterocycles. The molecule has 4 heteroatoms. The first kappa shape index (κ1) is 13.1. The molecule has 0 aliphatic heterocycles. The molecule has 2 aromatic carbocycles. The number of ether oxygens (including phenoxy) is 2. The normalized spacial score (nSPS) is 10.1. The Bertz CT molecular complexity index is 608. The van der Waals surface area contributed by atoms with Crippen molar-refractivity contribution in [3.05, 3.63) is 47.8 Å². The predicted molar refractivity (Wildman–Crippen MR) is 70.3 cm³/mol. The van der Waals surface area contributed by atoms with Gasteiger partial charge in [-0.2, -0.15) is 0 Å². The first-order chi connectivity index (χ1) is 9.21. The maximum Gasteiger partial charge on any atom is 0.168 e. The van der Waals surface area contributed by atoms with Crippen LogP contribution in [0.15, 0.2) is 36.4 Å². The molecule has 0 aromatic heterocycles. The Kier molecular flexibility index (Phi) is 3.80. The molecule has 98 valence electrons. The van der Waals surface area contributed by atoms with E-state index in [0.29, 0.717) is 34.5 Å². The van der Waals surface area contributed by atoms with Gasteiger partial charge in [0, 0.05) is 16.7 Å². The summed E-state index contributed by atoms with van der Waals surface area (Å²) in [6.45, 7) is 0. The Morgan fingerprint density at radius 1 is 1.05 bits per heavy atom. The first-order valence-electron chi connectivity index (χ1n) is 5.67. The summed E-state index contributed by atoms with van der Waals surface area (Å²) < 4.78 is 24.4. The Morgan fingerprint density at radius 2 is 1.84 bits per heavy atom. The average Bonchev–Trinajstić information content (AvgIpc) is 2.46. The third-order valence-electron chi connectivity index (χ3n) is 2.82. The van der Waals surface area contributed by atoms with Gasteiger partial charge in [-0.25, -0.2) is 4.39 Å². The second-order valence-electron chi connectivity index (χ2n) is 3.90. The molecule has 0 fully saturated rings. The maximum absolute atomic E-state index is 13.9. The highest BCUT2D eigenvalue weighted by Crippen LogP contribution is 2.38. The van der Waals surface area contributed by atoms with Crippen molar-refractivity contribution in [2.75, 3.05) is 14.2 Å². The average molecular weight is 260 g/mol. The van der Waals surface area contributed by atoms with E-state index in [0.717, 1.165) is 0 Å². The number of benzene rings is 2. The molecule has 2 rings (SSSR count). The zero-order chi connectivity index (χ0) is 13.8. The quantitative estimate of drug-likeness (QED) is 0.791. The van der Waals surface area contributed by atoms with E-state index in [1.54, 1.807) is 18.2 Å². The third kappa shape index (κ3) is 2.42. The van der Waals surface area contributed by atoms with E-state index < -0.39 is 5.82 Å². The van der Waals surface area contributed by atoms with E-state index in [4.69, 9.17) is 9.47 Å². The van der Waals surface area contributed by atoms with E-state index in [1.165, 1.54) is 32.4 Å². The van der Waals surface area contributed by atoms with Crippen LogP contribution in [0.3, 0.4) is 0 Å². The second-order valence-corrected chi connectivity index (χ2v) is 3.90. The molecule has 2 aromatic rings. The number of rotatable bonds is 4. The number of carbonyl (C=O) groups excluding carboxylic acids is 1. The van der Waals surface area contributed by atoms with E-state index in [9.17, 15) is 9.18 Å². The van der Waals surface area contributed by atoms with Crippen LogP contribution in [0.5, 0.6) is 11.5 Å². The number of methoxy groups -OCH3 is 2. The molecule has 0 saturated carbocycles. The molecule has 3 nitrogen and oxygen atoms in total. The highest BCUT2D eigenvalue weighted by Gasteiger charge is 2.15. The van der Waals surface area contributed by atoms with Crippen LogP contribution in [-0.2, 0) is 0 Å². The summed E-state index contributed by atoms with van der Waals surface area (Å²) in [5.74, 6) is 0.528. The second kappa shape index (κ2) is 5.52. The van der Waals surface area contributed by atoms with Crippen molar-refractivity contribution in [1.82, 2.24) is 0 Å². The SMILES string of the molecule is COc1cccc(-c2cc(C=O)ccc2F)c1OC. The molecule has 0 spiro atoms. The largest absolute Gasteiger partial charge is 0.493 e. The van der Waals surface area contributed by atoms with Crippen molar-refractivity contribution in [3.8, 4) is 22.6 Å². The van der Waals surface area contributed by atoms with Gasteiger partial charge in [0.15, 0.2) is 11.5 Å². The summed E-state index contributed by atoms with van der Waals surface area (Å²) in [5.41, 5.74) is 1.25. The van der Waals surface area contributed by atoms with E-state index in [-0.39, 0.29) is 0 Å². The fourth-order valence-electron chi connectivity index (χ4n) is 1.92. The smallest absolute Gasteiger partial charge is 0.168 e. The van der Waals surface area contributed by atoms with Crippen molar-refractivity contribution >= 4 is 6.29 Å². The fraction of sp³-hybridized carbons (Fsp3) is 0.133. The molecular formula is C15H13FO3. The molecule has 19 heavy (non-hydrogen) atoms. The van der Waals surface area contributed by atoms with Gasteiger partial charge in [0.25, 0.3) is 0 Å². The summed E-state index contributed by atoms with van der Waals surface area (Å²) in [5, 5.41) is 0. The van der Waals surface area contributed by atoms with E-state index in [2.05, 4.69) is 0 Å². The number of halogens is 1. The highest BCUT2D eigenvalue weighted by atomic mass is 19.1. The number of para-hydroxylation sites is 1. The Morgan fingerprint density at radius 3 is 2.47 bits per heavy atom. The number of hydrogen-bond donors (Lipinski definition) is 0. The lowest BCUT2D eigenvalue weighted by Crippen LogP contribution is -1.95. The minimum atomic E-state index is -0.419. The topological polar surface area (TPSA) is 35.5 Å². The van der Waals surface area contributed by atoms with Crippen LogP contribution in [0.2, 0.25) is 0 Å². The zero-order valence-corrected chi connectivity index (χ0v) is 10.6. The molecule has 0 unspecified atom stereocenters. The lowest BCUT2D eigenvalue weighted by molar-refractivity contribution is 0.112. The molecule has 0 atom stereocenters. The van der Waals surface area contributed by atoms with Gasteiger partial charge in [-0.05, 0) is 24.3 Å². The predicted octanol–water partition coefficient (Wildman–Crippen LogP) is 3.32. The van der Waals surface area contributed by atoms with Crippen molar-refractivity contribution < 1.29 is 18.7 Å². The summed E-state index contributed by atoms with van der Waals surface area (Å²) in [6.07, 6.45) is 0.676. The Hall–Kier alpha value is -2.36. The third-order valence-corrected chi connectivity index (χ3v) is 2.82. The molecule has 0 radical (unpaired) electrons. The standard InChI is InChI=1S/C15H13FO3/c1-18-14-5-3-4-11(15(14)19-2)12-8-10(9-17)6-7-13(12)16/h3-9H,1-2H3. The van der Waals surface area contributed by atoms with Crippen molar-refractivity contribution in [2.24, 2.45) is 0 Å². The molecule has 0 bridgehead atoms. The van der Waals surface area contributed by atoms with Crippen LogP contribution < -0.4 is 9.47 Å². The Labute approximate surface area is 110 Å². The maximum atomic E-state index is 13.9. The summed E-state index contributed by atoms with van der Waals surface area (Å²) >= 11 is 0. The number of aldehydes is 1. The molecular weight excluding hydrogens is 247 g/mol. The highest BCUT2D eigenvalue weighted by molar-refractivity contribution is 5.81. The van der Waals surface area contributed by atoms with Crippen molar-refractivity contribution in [1.29, 1.82) is 0 Å². The van der Waals surface area contributed by atoms with Gasteiger partial charge in [-0.1, -0.05) is 12.1 Å². The fourth-order valence-corrected chi connectivity index (χ4v) is 1.92. The summed E-state index contributed by atoms with van der Waals surface area (Å²) in [4.78, 5) is 10.8. The number of carbonyl (C=O) groups is 1. The van der Waals surface area contributed by atoms with Crippen LogP contribution in [-0.4, -0.2) is 20.5 Å². The Balaban J connectivity index is 2.67. The van der Waals surface area contributed by atoms with E-state index in [1.807, 2.05) is 0 Å². The minimum absolute atomic E-state index is 0.306. The van der Waals surface area contributed by atoms with Gasteiger partial charge in [0.2, 0.25) is 0 Å². The van der Waals surface area contributed by atoms with Gasteiger partial charge in [0.05, 0.1) is 14.2 Å². The van der Waals surface area contributed by atoms with Crippen LogP contribution in [0.1, 0.15) is 10.4 Å². The molecule has 0 aliphatic carbocycles. The van der Waals surface area contributed by atoms with Crippen LogP contribution in [0.25, 0.3) is 11.1 Å². The zero-order valence-electron chi connectivity index (χ0n) is 10.6. The monoisotopic (exact) mass is 260 g/mol. The van der Waals surface area contributed by atoms with Gasteiger partial charge in [-0.3, -0.25) is 4.79 Å². The van der Waals surface area contributed by atoms with Crippen LogP contribution >= 0.6 is 0 Å². The van der Waals surface area contributed by atoms with Crippen molar-refractivity contribution in [2.45, 2.75) is 0 Å². The summed E-state index contributed by atoms with van der Waals surface area (Å²) in [7, 11) is 3.00. The van der Waals surface area contributed by atoms with Gasteiger partial charge >= 0.3 is 0 Å². The van der Waals surface area contributed by atoms with Gasteiger partial charge in [0.1, 0.15) is 12.1 Å². The first-order valence-corrected chi connectivity index (χ1v) is 5.67.